The van der Waals surface area contributed by atoms with Gasteiger partial charge < -0.3 is 15.0 Å². The van der Waals surface area contributed by atoms with E-state index in [4.69, 9.17) is 4.74 Å². The quantitative estimate of drug-likeness (QED) is 0.902. The Hall–Kier alpha value is -1.39. The number of hydrogen-bond acceptors (Lipinski definition) is 3. The molecule has 0 radical (unpaired) electrons. The van der Waals surface area contributed by atoms with E-state index in [2.05, 4.69) is 43.4 Å². The predicted molar refractivity (Wildman–Crippen MR) is 84.2 cm³/mol. The summed E-state index contributed by atoms with van der Waals surface area (Å²) in [5.41, 5.74) is 2.49. The lowest BCUT2D eigenvalue weighted by molar-refractivity contribution is -0.135. The molecule has 0 aliphatic carbocycles. The third kappa shape index (κ3) is 3.83. The van der Waals surface area contributed by atoms with Crippen molar-refractivity contribution in [1.29, 1.82) is 0 Å². The number of nitrogens with one attached hydrogen (secondary N) is 1. The standard InChI is InChI=1S/C17H26N2O2/c1-12(2)14-7-5-13(6-8-14)9-19(4)17(20)15-10-21-11-16(15)18-3/h5-8,12,15-16,18H,9-11H2,1-4H3. The van der Waals surface area contributed by atoms with Gasteiger partial charge in [-0.05, 0) is 24.1 Å². The number of benzene rings is 1. The molecule has 1 fully saturated rings. The number of carbonyl (C=O) groups is 1. The Morgan fingerprint density at radius 2 is 2.00 bits per heavy atom. The van der Waals surface area contributed by atoms with Crippen molar-refractivity contribution in [3.8, 4) is 0 Å². The molecular formula is C17H26N2O2. The van der Waals surface area contributed by atoms with Crippen LogP contribution in [0.3, 0.4) is 0 Å². The van der Waals surface area contributed by atoms with Gasteiger partial charge in [0, 0.05) is 19.6 Å². The highest BCUT2D eigenvalue weighted by Crippen LogP contribution is 2.19. The average Bonchev–Trinajstić information content (AvgIpc) is 2.95. The van der Waals surface area contributed by atoms with E-state index in [-0.39, 0.29) is 17.9 Å². The average molecular weight is 290 g/mol. The molecule has 1 aliphatic heterocycles. The van der Waals surface area contributed by atoms with Crippen LogP contribution in [0, 0.1) is 5.92 Å². The summed E-state index contributed by atoms with van der Waals surface area (Å²) < 4.78 is 5.41. The first kappa shape index (κ1) is 16.0. The Kier molecular flexibility index (Phi) is 5.37. The zero-order chi connectivity index (χ0) is 15.4. The van der Waals surface area contributed by atoms with Crippen LogP contribution in [0.15, 0.2) is 24.3 Å². The summed E-state index contributed by atoms with van der Waals surface area (Å²) in [7, 11) is 3.74. The number of ether oxygens (including phenoxy) is 1. The Labute approximate surface area is 127 Å². The van der Waals surface area contributed by atoms with Gasteiger partial charge in [-0.15, -0.1) is 0 Å². The number of likely N-dealkylation sites (N-methyl/N-ethyl adjacent to an activating group) is 1. The van der Waals surface area contributed by atoms with Crippen molar-refractivity contribution in [2.24, 2.45) is 5.92 Å². The smallest absolute Gasteiger partial charge is 0.229 e. The molecule has 4 nitrogen and oxygen atoms in total. The van der Waals surface area contributed by atoms with Crippen molar-refractivity contribution in [2.75, 3.05) is 27.3 Å². The van der Waals surface area contributed by atoms with Crippen LogP contribution in [0.5, 0.6) is 0 Å². The van der Waals surface area contributed by atoms with E-state index >= 15 is 0 Å². The molecule has 0 saturated carbocycles. The molecule has 0 bridgehead atoms. The van der Waals surface area contributed by atoms with E-state index < -0.39 is 0 Å². The summed E-state index contributed by atoms with van der Waals surface area (Å²) >= 11 is 0. The van der Waals surface area contributed by atoms with Gasteiger partial charge in [0.25, 0.3) is 0 Å². The van der Waals surface area contributed by atoms with Crippen LogP contribution in [0.4, 0.5) is 0 Å². The lowest BCUT2D eigenvalue weighted by atomic mass is 10.0. The number of nitrogens with zero attached hydrogens (tertiary/aromatic N) is 1. The Morgan fingerprint density at radius 1 is 1.33 bits per heavy atom. The minimum atomic E-state index is -0.0741. The molecule has 2 rings (SSSR count). The van der Waals surface area contributed by atoms with Crippen LogP contribution >= 0.6 is 0 Å². The molecule has 1 aromatic carbocycles. The molecular weight excluding hydrogens is 264 g/mol. The number of amides is 1. The van der Waals surface area contributed by atoms with Gasteiger partial charge in [-0.25, -0.2) is 0 Å². The van der Waals surface area contributed by atoms with E-state index in [1.807, 2.05) is 14.1 Å². The Balaban J connectivity index is 1.97. The Bertz CT molecular complexity index is 470. The SMILES string of the molecule is CNC1COCC1C(=O)N(C)Cc1ccc(C(C)C)cc1. The summed E-state index contributed by atoms with van der Waals surface area (Å²) in [6, 6.07) is 8.64. The van der Waals surface area contributed by atoms with Crippen LogP contribution in [0.25, 0.3) is 0 Å². The molecule has 4 heteroatoms. The molecule has 0 spiro atoms. The fourth-order valence-corrected chi connectivity index (χ4v) is 2.72. The maximum Gasteiger partial charge on any atom is 0.229 e. The van der Waals surface area contributed by atoms with E-state index in [1.165, 1.54) is 5.56 Å². The van der Waals surface area contributed by atoms with Crippen molar-refractivity contribution in [2.45, 2.75) is 32.4 Å². The second kappa shape index (κ2) is 7.05. The van der Waals surface area contributed by atoms with Crippen LogP contribution in [-0.2, 0) is 16.1 Å². The molecule has 1 aromatic rings. The molecule has 21 heavy (non-hydrogen) atoms. The molecule has 2 atom stereocenters. The van der Waals surface area contributed by atoms with E-state index in [1.54, 1.807) is 4.90 Å². The molecule has 2 unspecified atom stereocenters. The van der Waals surface area contributed by atoms with Crippen LogP contribution in [-0.4, -0.2) is 44.2 Å². The minimum absolute atomic E-state index is 0.0741. The van der Waals surface area contributed by atoms with Crippen LogP contribution in [0.2, 0.25) is 0 Å². The third-order valence-corrected chi connectivity index (χ3v) is 4.21. The first-order valence-electron chi connectivity index (χ1n) is 7.61. The fourth-order valence-electron chi connectivity index (χ4n) is 2.72. The third-order valence-electron chi connectivity index (χ3n) is 4.21. The highest BCUT2D eigenvalue weighted by molar-refractivity contribution is 5.79. The largest absolute Gasteiger partial charge is 0.379 e. The van der Waals surface area contributed by atoms with Gasteiger partial charge in [-0.2, -0.15) is 0 Å². The van der Waals surface area contributed by atoms with E-state index in [0.717, 1.165) is 5.56 Å². The molecule has 116 valence electrons. The number of hydrogen-bond donors (Lipinski definition) is 1. The summed E-state index contributed by atoms with van der Waals surface area (Å²) in [5.74, 6) is 0.611. The van der Waals surface area contributed by atoms with Gasteiger partial charge in [0.15, 0.2) is 0 Å². The van der Waals surface area contributed by atoms with Crippen molar-refractivity contribution in [1.82, 2.24) is 10.2 Å². The summed E-state index contributed by atoms with van der Waals surface area (Å²) in [5, 5.41) is 3.16. The van der Waals surface area contributed by atoms with Gasteiger partial charge >= 0.3 is 0 Å². The summed E-state index contributed by atoms with van der Waals surface area (Å²) in [4.78, 5) is 14.3. The molecule has 1 heterocycles. The molecule has 0 aromatic heterocycles. The van der Waals surface area contributed by atoms with Crippen LogP contribution in [0.1, 0.15) is 30.9 Å². The fraction of sp³-hybridized carbons (Fsp3) is 0.588. The second-order valence-electron chi connectivity index (χ2n) is 6.13. The van der Waals surface area contributed by atoms with E-state index in [9.17, 15) is 4.79 Å². The second-order valence-corrected chi connectivity index (χ2v) is 6.13. The number of rotatable bonds is 5. The van der Waals surface area contributed by atoms with Crippen molar-refractivity contribution in [3.05, 3.63) is 35.4 Å². The van der Waals surface area contributed by atoms with Crippen molar-refractivity contribution in [3.63, 3.8) is 0 Å². The first-order chi connectivity index (χ1) is 10.0. The zero-order valence-electron chi connectivity index (χ0n) is 13.4. The van der Waals surface area contributed by atoms with E-state index in [0.29, 0.717) is 25.7 Å². The topological polar surface area (TPSA) is 41.6 Å². The first-order valence-corrected chi connectivity index (χ1v) is 7.61. The predicted octanol–water partition coefficient (Wildman–Crippen LogP) is 2.00. The minimum Gasteiger partial charge on any atom is -0.379 e. The van der Waals surface area contributed by atoms with Gasteiger partial charge in [0.05, 0.1) is 19.1 Å². The maximum atomic E-state index is 12.5. The highest BCUT2D eigenvalue weighted by atomic mass is 16.5. The maximum absolute atomic E-state index is 12.5. The normalized spacial score (nSPS) is 21.8. The highest BCUT2D eigenvalue weighted by Gasteiger charge is 2.34. The lowest BCUT2D eigenvalue weighted by Crippen LogP contribution is -2.43. The van der Waals surface area contributed by atoms with Crippen molar-refractivity contribution >= 4 is 5.91 Å². The van der Waals surface area contributed by atoms with Gasteiger partial charge in [0.2, 0.25) is 5.91 Å². The number of carbonyl (C=O) groups excluding carboxylic acids is 1. The Morgan fingerprint density at radius 3 is 2.57 bits per heavy atom. The molecule has 1 amide bonds. The van der Waals surface area contributed by atoms with Gasteiger partial charge in [-0.1, -0.05) is 38.1 Å². The lowest BCUT2D eigenvalue weighted by Gasteiger charge is -2.24. The van der Waals surface area contributed by atoms with Gasteiger partial charge in [0.1, 0.15) is 0 Å². The molecule has 1 aliphatic rings. The van der Waals surface area contributed by atoms with Crippen LogP contribution < -0.4 is 5.32 Å². The molecule has 1 saturated heterocycles. The summed E-state index contributed by atoms with van der Waals surface area (Å²) in [6.45, 7) is 6.14. The van der Waals surface area contributed by atoms with Crippen molar-refractivity contribution < 1.29 is 9.53 Å². The zero-order valence-corrected chi connectivity index (χ0v) is 13.4. The summed E-state index contributed by atoms with van der Waals surface area (Å²) in [6.07, 6.45) is 0. The van der Waals surface area contributed by atoms with Gasteiger partial charge in [-0.3, -0.25) is 4.79 Å². The monoisotopic (exact) mass is 290 g/mol. The molecule has 1 N–H and O–H groups in total.